The number of rotatable bonds is 5. The standard InChI is InChI=1S/C16H16BrFN2O/c1-10(8-11-2-4-12(17)5-3-11)20-13-6-7-15(18)14(9-13)16(19)21/h2-7,9-10,20H,8H2,1H3,(H2,19,21). The van der Waals surface area contributed by atoms with E-state index in [0.717, 1.165) is 10.9 Å². The van der Waals surface area contributed by atoms with Gasteiger partial charge in [0.15, 0.2) is 0 Å². The van der Waals surface area contributed by atoms with Gasteiger partial charge in [0.25, 0.3) is 5.91 Å². The zero-order valence-corrected chi connectivity index (χ0v) is 13.2. The molecule has 0 aromatic heterocycles. The van der Waals surface area contributed by atoms with Crippen molar-refractivity contribution >= 4 is 27.5 Å². The molecule has 0 saturated carbocycles. The molecule has 0 radical (unpaired) electrons. The Hall–Kier alpha value is -1.88. The molecule has 3 nitrogen and oxygen atoms in total. The molecule has 0 spiro atoms. The number of anilines is 1. The second-order valence-corrected chi connectivity index (χ2v) is 5.85. The molecule has 0 heterocycles. The van der Waals surface area contributed by atoms with Crippen molar-refractivity contribution < 1.29 is 9.18 Å². The SMILES string of the molecule is CC(Cc1ccc(Br)cc1)Nc1ccc(F)c(C(N)=O)c1. The van der Waals surface area contributed by atoms with Gasteiger partial charge in [-0.25, -0.2) is 4.39 Å². The molecule has 5 heteroatoms. The normalized spacial score (nSPS) is 12.0. The van der Waals surface area contributed by atoms with E-state index >= 15 is 0 Å². The molecule has 0 bridgehead atoms. The Morgan fingerprint density at radius 3 is 2.57 bits per heavy atom. The lowest BCUT2D eigenvalue weighted by Gasteiger charge is -2.16. The molecule has 21 heavy (non-hydrogen) atoms. The summed E-state index contributed by atoms with van der Waals surface area (Å²) in [6.07, 6.45) is 0.816. The number of amides is 1. The van der Waals surface area contributed by atoms with E-state index in [9.17, 15) is 9.18 Å². The van der Waals surface area contributed by atoms with Crippen LogP contribution in [0.4, 0.5) is 10.1 Å². The molecule has 2 aromatic rings. The minimum atomic E-state index is -0.767. The zero-order valence-electron chi connectivity index (χ0n) is 11.6. The number of halogens is 2. The van der Waals surface area contributed by atoms with Crippen LogP contribution in [0.2, 0.25) is 0 Å². The van der Waals surface area contributed by atoms with Gasteiger partial charge in [-0.2, -0.15) is 0 Å². The van der Waals surface area contributed by atoms with Gasteiger partial charge in [0.2, 0.25) is 0 Å². The van der Waals surface area contributed by atoms with Crippen molar-refractivity contribution in [3.05, 3.63) is 63.9 Å². The number of primary amides is 1. The molecule has 1 amide bonds. The maximum Gasteiger partial charge on any atom is 0.251 e. The molecule has 0 aliphatic heterocycles. The number of nitrogens with one attached hydrogen (secondary N) is 1. The van der Waals surface area contributed by atoms with Crippen LogP contribution >= 0.6 is 15.9 Å². The summed E-state index contributed by atoms with van der Waals surface area (Å²) < 4.78 is 14.4. The first-order chi connectivity index (χ1) is 9.95. The Labute approximate surface area is 131 Å². The third-order valence-corrected chi connectivity index (χ3v) is 3.63. The predicted molar refractivity (Wildman–Crippen MR) is 85.8 cm³/mol. The minimum Gasteiger partial charge on any atom is -0.382 e. The zero-order chi connectivity index (χ0) is 15.4. The van der Waals surface area contributed by atoms with E-state index in [-0.39, 0.29) is 11.6 Å². The Kier molecular flexibility index (Phi) is 4.96. The van der Waals surface area contributed by atoms with Crippen molar-refractivity contribution in [2.24, 2.45) is 5.73 Å². The van der Waals surface area contributed by atoms with Crippen LogP contribution in [0.25, 0.3) is 0 Å². The molecule has 0 aliphatic rings. The summed E-state index contributed by atoms with van der Waals surface area (Å²) in [5.74, 6) is -1.37. The van der Waals surface area contributed by atoms with Crippen LogP contribution in [0.15, 0.2) is 46.9 Å². The van der Waals surface area contributed by atoms with E-state index in [1.54, 1.807) is 6.07 Å². The molecule has 1 atom stereocenters. The van der Waals surface area contributed by atoms with Gasteiger partial charge in [0.05, 0.1) is 5.56 Å². The monoisotopic (exact) mass is 350 g/mol. The lowest BCUT2D eigenvalue weighted by atomic mass is 10.1. The van der Waals surface area contributed by atoms with E-state index in [0.29, 0.717) is 5.69 Å². The van der Waals surface area contributed by atoms with Gasteiger partial charge in [-0.05, 0) is 49.2 Å². The van der Waals surface area contributed by atoms with Gasteiger partial charge >= 0.3 is 0 Å². The second-order valence-electron chi connectivity index (χ2n) is 4.93. The van der Waals surface area contributed by atoms with Crippen LogP contribution < -0.4 is 11.1 Å². The smallest absolute Gasteiger partial charge is 0.251 e. The Morgan fingerprint density at radius 1 is 1.29 bits per heavy atom. The molecular formula is C16H16BrFN2O. The van der Waals surface area contributed by atoms with Crippen LogP contribution in [0, 0.1) is 5.82 Å². The highest BCUT2D eigenvalue weighted by atomic mass is 79.9. The Bertz CT molecular complexity index is 643. The summed E-state index contributed by atoms with van der Waals surface area (Å²) in [7, 11) is 0. The van der Waals surface area contributed by atoms with Crippen molar-refractivity contribution in [1.82, 2.24) is 0 Å². The lowest BCUT2D eigenvalue weighted by molar-refractivity contribution is 0.0996. The van der Waals surface area contributed by atoms with Gasteiger partial charge in [0, 0.05) is 16.2 Å². The summed E-state index contributed by atoms with van der Waals surface area (Å²) in [5, 5.41) is 3.24. The number of hydrogen-bond acceptors (Lipinski definition) is 2. The molecule has 1 unspecified atom stereocenters. The van der Waals surface area contributed by atoms with Crippen LogP contribution in [-0.4, -0.2) is 11.9 Å². The van der Waals surface area contributed by atoms with E-state index in [4.69, 9.17) is 5.73 Å². The minimum absolute atomic E-state index is 0.101. The van der Waals surface area contributed by atoms with E-state index < -0.39 is 11.7 Å². The Balaban J connectivity index is 2.05. The molecule has 0 aliphatic carbocycles. The fraction of sp³-hybridized carbons (Fsp3) is 0.188. The van der Waals surface area contributed by atoms with E-state index in [2.05, 4.69) is 21.2 Å². The number of benzene rings is 2. The van der Waals surface area contributed by atoms with Gasteiger partial charge in [0.1, 0.15) is 5.82 Å². The molecule has 0 fully saturated rings. The highest BCUT2D eigenvalue weighted by molar-refractivity contribution is 9.10. The highest BCUT2D eigenvalue weighted by Gasteiger charge is 2.10. The van der Waals surface area contributed by atoms with Crippen molar-refractivity contribution in [3.8, 4) is 0 Å². The maximum absolute atomic E-state index is 13.4. The molecule has 2 aromatic carbocycles. The average molecular weight is 351 g/mol. The highest BCUT2D eigenvalue weighted by Crippen LogP contribution is 2.17. The third kappa shape index (κ3) is 4.29. The van der Waals surface area contributed by atoms with Crippen LogP contribution in [0.3, 0.4) is 0 Å². The predicted octanol–water partition coefficient (Wildman–Crippen LogP) is 3.73. The van der Waals surface area contributed by atoms with Gasteiger partial charge < -0.3 is 11.1 Å². The fourth-order valence-corrected chi connectivity index (χ4v) is 2.38. The summed E-state index contributed by atoms with van der Waals surface area (Å²) in [4.78, 5) is 11.1. The topological polar surface area (TPSA) is 55.1 Å². The summed E-state index contributed by atoms with van der Waals surface area (Å²) in [6.45, 7) is 2.02. The summed E-state index contributed by atoms with van der Waals surface area (Å²) >= 11 is 3.40. The molecule has 2 rings (SSSR count). The van der Waals surface area contributed by atoms with Gasteiger partial charge in [-0.1, -0.05) is 28.1 Å². The summed E-state index contributed by atoms with van der Waals surface area (Å²) in [5.41, 5.74) is 6.91. The Morgan fingerprint density at radius 2 is 1.95 bits per heavy atom. The molecular weight excluding hydrogens is 335 g/mol. The van der Waals surface area contributed by atoms with Crippen LogP contribution in [0.5, 0.6) is 0 Å². The largest absolute Gasteiger partial charge is 0.382 e. The van der Waals surface area contributed by atoms with E-state index in [1.165, 1.54) is 17.7 Å². The molecule has 0 saturated heterocycles. The van der Waals surface area contributed by atoms with Crippen LogP contribution in [-0.2, 0) is 6.42 Å². The quantitative estimate of drug-likeness (QED) is 0.863. The van der Waals surface area contributed by atoms with Crippen LogP contribution in [0.1, 0.15) is 22.8 Å². The summed E-state index contributed by atoms with van der Waals surface area (Å²) in [6, 6.07) is 12.5. The van der Waals surface area contributed by atoms with Crippen molar-refractivity contribution in [3.63, 3.8) is 0 Å². The van der Waals surface area contributed by atoms with Crippen molar-refractivity contribution in [1.29, 1.82) is 0 Å². The number of hydrogen-bond donors (Lipinski definition) is 2. The lowest BCUT2D eigenvalue weighted by Crippen LogP contribution is -2.19. The third-order valence-electron chi connectivity index (χ3n) is 3.10. The van der Waals surface area contributed by atoms with Crippen molar-refractivity contribution in [2.75, 3.05) is 5.32 Å². The number of carbonyl (C=O) groups excluding carboxylic acids is 1. The molecule has 3 N–H and O–H groups in total. The fourth-order valence-electron chi connectivity index (χ4n) is 2.11. The molecule has 110 valence electrons. The second kappa shape index (κ2) is 6.72. The van der Waals surface area contributed by atoms with E-state index in [1.807, 2.05) is 31.2 Å². The van der Waals surface area contributed by atoms with Gasteiger partial charge in [-0.15, -0.1) is 0 Å². The van der Waals surface area contributed by atoms with Gasteiger partial charge in [-0.3, -0.25) is 4.79 Å². The first-order valence-electron chi connectivity index (χ1n) is 6.56. The first kappa shape index (κ1) is 15.5. The number of carbonyl (C=O) groups is 1. The van der Waals surface area contributed by atoms with Crippen molar-refractivity contribution in [2.45, 2.75) is 19.4 Å². The number of nitrogens with two attached hydrogens (primary N) is 1. The average Bonchev–Trinajstić information content (AvgIpc) is 2.43. The first-order valence-corrected chi connectivity index (χ1v) is 7.35. The maximum atomic E-state index is 13.4.